The highest BCUT2D eigenvalue weighted by Crippen LogP contribution is 2.45. The molecule has 1 spiro atoms. The molecule has 4 N–H and O–H groups in total. The molecule has 1 saturated heterocycles. The van der Waals surface area contributed by atoms with Gasteiger partial charge in [0.2, 0.25) is 0 Å². The highest BCUT2D eigenvalue weighted by molar-refractivity contribution is 7.17. The lowest BCUT2D eigenvalue weighted by Gasteiger charge is -2.39. The number of carbonyl (C=O) groups excluding carboxylic acids is 2. The molecule has 1 unspecified atom stereocenters. The first-order chi connectivity index (χ1) is 13.4. The standard InChI is InChI=1S/C20H23ClN4O2S/c1-25-10-2-8-20(25)9-7-14-15(11-20)28-18(16(14)17(22)26)24-19(27)23-13-5-3-12(21)4-6-13/h3-6H,2,7-11H2,1H3,(H2,22,26)(H2,23,24,27). The number of thiophene rings is 1. The summed E-state index contributed by atoms with van der Waals surface area (Å²) in [5, 5.41) is 6.71. The molecule has 8 heteroatoms. The average Bonchev–Trinajstić information content (AvgIpc) is 3.17. The predicted octanol–water partition coefficient (Wildman–Crippen LogP) is 4.10. The van der Waals surface area contributed by atoms with Crippen molar-refractivity contribution in [1.29, 1.82) is 0 Å². The molecule has 2 aromatic rings. The van der Waals surface area contributed by atoms with Crippen molar-refractivity contribution in [2.24, 2.45) is 5.73 Å². The van der Waals surface area contributed by atoms with Gasteiger partial charge in [-0.2, -0.15) is 0 Å². The van der Waals surface area contributed by atoms with E-state index in [4.69, 9.17) is 17.3 Å². The van der Waals surface area contributed by atoms with Crippen molar-refractivity contribution in [3.8, 4) is 0 Å². The molecule has 2 aliphatic rings. The van der Waals surface area contributed by atoms with Crippen LogP contribution in [0.5, 0.6) is 0 Å². The van der Waals surface area contributed by atoms with Crippen molar-refractivity contribution in [2.45, 2.75) is 37.6 Å². The van der Waals surface area contributed by atoms with Crippen molar-refractivity contribution in [2.75, 3.05) is 24.2 Å². The number of urea groups is 1. The molecule has 4 rings (SSSR count). The minimum atomic E-state index is -0.491. The van der Waals surface area contributed by atoms with Crippen LogP contribution in [-0.2, 0) is 12.8 Å². The number of likely N-dealkylation sites (tertiary alicyclic amines) is 1. The molecule has 1 fully saturated rings. The SMILES string of the molecule is CN1CCCC12CCc1c(sc(NC(=O)Nc3ccc(Cl)cc3)c1C(N)=O)C2. The number of benzene rings is 1. The molecular weight excluding hydrogens is 396 g/mol. The molecule has 0 saturated carbocycles. The topological polar surface area (TPSA) is 87.5 Å². The smallest absolute Gasteiger partial charge is 0.324 e. The summed E-state index contributed by atoms with van der Waals surface area (Å²) in [6, 6.07) is 6.43. The molecule has 3 amide bonds. The van der Waals surface area contributed by atoms with Crippen molar-refractivity contribution in [1.82, 2.24) is 4.90 Å². The number of anilines is 2. The number of hydrogen-bond donors (Lipinski definition) is 3. The first kappa shape index (κ1) is 19.2. The molecule has 6 nitrogen and oxygen atoms in total. The normalized spacial score (nSPS) is 21.5. The van der Waals surface area contributed by atoms with Crippen LogP contribution in [-0.4, -0.2) is 36.0 Å². The van der Waals surface area contributed by atoms with Crippen LogP contribution in [0.25, 0.3) is 0 Å². The van der Waals surface area contributed by atoms with E-state index in [1.54, 1.807) is 24.3 Å². The molecule has 1 atom stereocenters. The van der Waals surface area contributed by atoms with Crippen LogP contribution in [0.3, 0.4) is 0 Å². The van der Waals surface area contributed by atoms with E-state index in [0.717, 1.165) is 36.2 Å². The van der Waals surface area contributed by atoms with Crippen molar-refractivity contribution >= 4 is 45.6 Å². The van der Waals surface area contributed by atoms with Gasteiger partial charge in [0.05, 0.1) is 5.56 Å². The van der Waals surface area contributed by atoms with Crippen LogP contribution in [0.4, 0.5) is 15.5 Å². The summed E-state index contributed by atoms with van der Waals surface area (Å²) in [6.07, 6.45) is 5.12. The number of rotatable bonds is 3. The molecule has 1 aromatic carbocycles. The van der Waals surface area contributed by atoms with Gasteiger partial charge in [0.1, 0.15) is 5.00 Å². The van der Waals surface area contributed by atoms with E-state index in [9.17, 15) is 9.59 Å². The van der Waals surface area contributed by atoms with Crippen LogP contribution in [0.2, 0.25) is 5.02 Å². The Morgan fingerprint density at radius 2 is 1.96 bits per heavy atom. The van der Waals surface area contributed by atoms with Crippen LogP contribution in [0, 0.1) is 0 Å². The molecule has 1 aliphatic heterocycles. The van der Waals surface area contributed by atoms with Gasteiger partial charge >= 0.3 is 6.03 Å². The van der Waals surface area contributed by atoms with E-state index in [-0.39, 0.29) is 5.54 Å². The van der Waals surface area contributed by atoms with Gasteiger partial charge in [-0.1, -0.05) is 11.6 Å². The summed E-state index contributed by atoms with van der Waals surface area (Å²) in [7, 11) is 2.18. The van der Waals surface area contributed by atoms with Gasteiger partial charge in [-0.3, -0.25) is 10.1 Å². The van der Waals surface area contributed by atoms with E-state index in [1.165, 1.54) is 24.2 Å². The van der Waals surface area contributed by atoms with E-state index in [2.05, 4.69) is 22.6 Å². The van der Waals surface area contributed by atoms with Crippen LogP contribution < -0.4 is 16.4 Å². The Morgan fingerprint density at radius 1 is 1.21 bits per heavy atom. The van der Waals surface area contributed by atoms with Crippen molar-refractivity contribution in [3.05, 3.63) is 45.3 Å². The lowest BCUT2D eigenvalue weighted by Crippen LogP contribution is -2.45. The fourth-order valence-corrected chi connectivity index (χ4v) is 5.93. The molecule has 2 heterocycles. The third-order valence-corrected chi connectivity index (χ3v) is 7.34. The van der Waals surface area contributed by atoms with Crippen molar-refractivity contribution in [3.63, 3.8) is 0 Å². The highest BCUT2D eigenvalue weighted by atomic mass is 35.5. The molecule has 28 heavy (non-hydrogen) atoms. The minimum absolute atomic E-state index is 0.176. The number of amides is 3. The zero-order chi connectivity index (χ0) is 19.9. The number of likely N-dealkylation sites (N-methyl/N-ethyl adjacent to an activating group) is 1. The molecular formula is C20H23ClN4O2S. The van der Waals surface area contributed by atoms with Gasteiger partial charge < -0.3 is 16.0 Å². The number of nitrogens with zero attached hydrogens (tertiary/aromatic N) is 1. The summed E-state index contributed by atoms with van der Waals surface area (Å²) in [5.74, 6) is -0.491. The summed E-state index contributed by atoms with van der Waals surface area (Å²) in [6.45, 7) is 1.11. The van der Waals surface area contributed by atoms with Crippen LogP contribution in [0.1, 0.15) is 40.1 Å². The molecule has 0 radical (unpaired) electrons. The zero-order valence-electron chi connectivity index (χ0n) is 15.7. The second kappa shape index (κ2) is 7.39. The number of carbonyl (C=O) groups is 2. The van der Waals surface area contributed by atoms with Crippen LogP contribution in [0.15, 0.2) is 24.3 Å². The molecule has 148 valence electrons. The van der Waals surface area contributed by atoms with Crippen LogP contribution >= 0.6 is 22.9 Å². The highest BCUT2D eigenvalue weighted by Gasteiger charge is 2.43. The molecule has 1 aromatic heterocycles. The quantitative estimate of drug-likeness (QED) is 0.701. The Labute approximate surface area is 173 Å². The maximum absolute atomic E-state index is 12.4. The number of nitrogens with two attached hydrogens (primary N) is 1. The lowest BCUT2D eigenvalue weighted by molar-refractivity contribution is 0.0998. The summed E-state index contributed by atoms with van der Waals surface area (Å²) >= 11 is 7.35. The van der Waals surface area contributed by atoms with Gasteiger partial charge in [0, 0.05) is 27.5 Å². The van der Waals surface area contributed by atoms with Gasteiger partial charge in [0.25, 0.3) is 5.91 Å². The van der Waals surface area contributed by atoms with Gasteiger partial charge in [-0.05, 0) is 69.1 Å². The number of fused-ring (bicyclic) bond motifs is 1. The van der Waals surface area contributed by atoms with Crippen molar-refractivity contribution < 1.29 is 9.59 Å². The number of nitrogens with one attached hydrogen (secondary N) is 2. The first-order valence-electron chi connectivity index (χ1n) is 9.37. The third kappa shape index (κ3) is 3.50. The number of hydrogen-bond acceptors (Lipinski definition) is 4. The Morgan fingerprint density at radius 3 is 2.61 bits per heavy atom. The predicted molar refractivity (Wildman–Crippen MR) is 114 cm³/mol. The lowest BCUT2D eigenvalue weighted by atomic mass is 9.79. The Bertz CT molecular complexity index is 927. The maximum Gasteiger partial charge on any atom is 0.324 e. The summed E-state index contributed by atoms with van der Waals surface area (Å²) < 4.78 is 0. The van der Waals surface area contributed by atoms with Gasteiger partial charge in [-0.25, -0.2) is 4.79 Å². The van der Waals surface area contributed by atoms with E-state index in [0.29, 0.717) is 21.3 Å². The van der Waals surface area contributed by atoms with E-state index < -0.39 is 11.9 Å². The second-order valence-corrected chi connectivity index (χ2v) is 9.13. The Hall–Kier alpha value is -2.09. The Kier molecular flexibility index (Phi) is 5.07. The summed E-state index contributed by atoms with van der Waals surface area (Å²) in [5.41, 5.74) is 7.93. The Balaban J connectivity index is 1.57. The van der Waals surface area contributed by atoms with Gasteiger partial charge in [-0.15, -0.1) is 11.3 Å². The maximum atomic E-state index is 12.4. The molecule has 0 bridgehead atoms. The fraction of sp³-hybridized carbons (Fsp3) is 0.400. The first-order valence-corrected chi connectivity index (χ1v) is 10.6. The third-order valence-electron chi connectivity index (χ3n) is 5.94. The number of halogens is 1. The second-order valence-electron chi connectivity index (χ2n) is 7.58. The van der Waals surface area contributed by atoms with E-state index >= 15 is 0 Å². The molecule has 1 aliphatic carbocycles. The largest absolute Gasteiger partial charge is 0.365 e. The van der Waals surface area contributed by atoms with Gasteiger partial charge in [0.15, 0.2) is 0 Å². The minimum Gasteiger partial charge on any atom is -0.365 e. The zero-order valence-corrected chi connectivity index (χ0v) is 17.3. The fourth-order valence-electron chi connectivity index (χ4n) is 4.42. The summed E-state index contributed by atoms with van der Waals surface area (Å²) in [4.78, 5) is 28.2. The average molecular weight is 419 g/mol. The monoisotopic (exact) mass is 418 g/mol. The number of primary amides is 1. The van der Waals surface area contributed by atoms with E-state index in [1.807, 2.05) is 0 Å².